The van der Waals surface area contributed by atoms with Crippen molar-refractivity contribution in [2.24, 2.45) is 5.92 Å². The molecule has 0 unspecified atom stereocenters. The van der Waals surface area contributed by atoms with E-state index >= 15 is 0 Å². The smallest absolute Gasteiger partial charge is 0.254 e. The maximum Gasteiger partial charge on any atom is 0.254 e. The van der Waals surface area contributed by atoms with Gasteiger partial charge in [-0.15, -0.1) is 0 Å². The van der Waals surface area contributed by atoms with Crippen LogP contribution in [0.5, 0.6) is 0 Å². The minimum absolute atomic E-state index is 0.00207. The van der Waals surface area contributed by atoms with Crippen molar-refractivity contribution in [3.63, 3.8) is 0 Å². The number of rotatable bonds is 8. The highest BCUT2D eigenvalue weighted by molar-refractivity contribution is 6.30. The number of hydrogen-bond donors (Lipinski definition) is 0. The van der Waals surface area contributed by atoms with E-state index in [4.69, 9.17) is 16.7 Å². The van der Waals surface area contributed by atoms with Crippen LogP contribution in [0.4, 0.5) is 5.82 Å². The van der Waals surface area contributed by atoms with E-state index in [-0.39, 0.29) is 11.8 Å². The van der Waals surface area contributed by atoms with Gasteiger partial charge in [-0.05, 0) is 48.2 Å². The van der Waals surface area contributed by atoms with E-state index in [9.17, 15) is 4.79 Å². The van der Waals surface area contributed by atoms with Crippen LogP contribution in [0, 0.1) is 5.92 Å². The van der Waals surface area contributed by atoms with Gasteiger partial charge in [-0.1, -0.05) is 57.5 Å². The highest BCUT2D eigenvalue weighted by Gasteiger charge is 2.26. The zero-order valence-corrected chi connectivity index (χ0v) is 20.6. The first-order chi connectivity index (χ1) is 15.2. The van der Waals surface area contributed by atoms with Crippen molar-refractivity contribution in [1.29, 1.82) is 0 Å². The molecule has 3 rings (SSSR count). The Balaban J connectivity index is 2.09. The zero-order valence-electron chi connectivity index (χ0n) is 19.8. The van der Waals surface area contributed by atoms with E-state index in [1.807, 2.05) is 41.9 Å². The van der Waals surface area contributed by atoms with Gasteiger partial charge in [-0.3, -0.25) is 4.79 Å². The molecule has 0 saturated heterocycles. The lowest BCUT2D eigenvalue weighted by molar-refractivity contribution is 0.0722. The number of halogens is 1. The molecule has 6 heteroatoms. The van der Waals surface area contributed by atoms with E-state index in [0.717, 1.165) is 22.8 Å². The highest BCUT2D eigenvalue weighted by atomic mass is 35.5. The van der Waals surface area contributed by atoms with Gasteiger partial charge in [0.1, 0.15) is 5.82 Å². The summed E-state index contributed by atoms with van der Waals surface area (Å²) in [5.74, 6) is 1.56. The van der Waals surface area contributed by atoms with Gasteiger partial charge in [0, 0.05) is 36.8 Å². The second-order valence-electron chi connectivity index (χ2n) is 9.07. The Labute approximate surface area is 196 Å². The molecule has 0 aliphatic carbocycles. The van der Waals surface area contributed by atoms with Gasteiger partial charge in [0.2, 0.25) is 0 Å². The van der Waals surface area contributed by atoms with Crippen LogP contribution >= 0.6 is 11.6 Å². The molecule has 1 heterocycles. The SMILES string of the molecule is CC(C)CN(Cc1c(C(C)C)nn(-c2ccccc2)c1N(C)C)C(=O)c1ccc(Cl)cc1. The number of para-hydroxylation sites is 1. The molecule has 0 saturated carbocycles. The van der Waals surface area contributed by atoms with Crippen LogP contribution in [0.2, 0.25) is 5.02 Å². The van der Waals surface area contributed by atoms with Crippen LogP contribution in [0.15, 0.2) is 54.6 Å². The van der Waals surface area contributed by atoms with E-state index in [1.165, 1.54) is 0 Å². The first kappa shape index (κ1) is 23.9. The largest absolute Gasteiger partial charge is 0.362 e. The highest BCUT2D eigenvalue weighted by Crippen LogP contribution is 2.32. The van der Waals surface area contributed by atoms with Gasteiger partial charge >= 0.3 is 0 Å². The molecular formula is C26H33ClN4O. The molecule has 0 spiro atoms. The number of carbonyl (C=O) groups excluding carboxylic acids is 1. The van der Waals surface area contributed by atoms with E-state index in [2.05, 4.69) is 44.7 Å². The normalized spacial score (nSPS) is 11.3. The van der Waals surface area contributed by atoms with Crippen LogP contribution in [-0.2, 0) is 6.54 Å². The molecule has 2 aromatic carbocycles. The molecule has 170 valence electrons. The number of aromatic nitrogens is 2. The van der Waals surface area contributed by atoms with Crippen molar-refractivity contribution < 1.29 is 4.79 Å². The second-order valence-corrected chi connectivity index (χ2v) is 9.51. The lowest BCUT2D eigenvalue weighted by atomic mass is 10.0. The lowest BCUT2D eigenvalue weighted by Crippen LogP contribution is -2.34. The Morgan fingerprint density at radius 2 is 1.62 bits per heavy atom. The summed E-state index contributed by atoms with van der Waals surface area (Å²) >= 11 is 6.04. The zero-order chi connectivity index (χ0) is 23.4. The first-order valence-corrected chi connectivity index (χ1v) is 11.5. The van der Waals surface area contributed by atoms with Crippen molar-refractivity contribution in [3.8, 4) is 5.69 Å². The molecule has 0 N–H and O–H groups in total. The molecular weight excluding hydrogens is 420 g/mol. The topological polar surface area (TPSA) is 41.4 Å². The van der Waals surface area contributed by atoms with Crippen molar-refractivity contribution >= 4 is 23.3 Å². The third kappa shape index (κ3) is 5.33. The average Bonchev–Trinajstić information content (AvgIpc) is 3.13. The van der Waals surface area contributed by atoms with E-state index in [0.29, 0.717) is 29.6 Å². The molecule has 0 bridgehead atoms. The predicted molar refractivity (Wildman–Crippen MR) is 133 cm³/mol. The molecule has 1 aromatic heterocycles. The fourth-order valence-corrected chi connectivity index (χ4v) is 4.03. The maximum absolute atomic E-state index is 13.5. The summed E-state index contributed by atoms with van der Waals surface area (Å²) in [6.45, 7) is 9.70. The fourth-order valence-electron chi connectivity index (χ4n) is 3.91. The maximum atomic E-state index is 13.5. The number of carbonyl (C=O) groups is 1. The second kappa shape index (κ2) is 10.2. The molecule has 0 aliphatic heterocycles. The van der Waals surface area contributed by atoms with Gasteiger partial charge in [0.25, 0.3) is 5.91 Å². The fraction of sp³-hybridized carbons (Fsp3) is 0.385. The van der Waals surface area contributed by atoms with E-state index in [1.54, 1.807) is 24.3 Å². The third-order valence-corrected chi connectivity index (χ3v) is 5.52. The van der Waals surface area contributed by atoms with Crippen LogP contribution in [0.25, 0.3) is 5.69 Å². The van der Waals surface area contributed by atoms with Gasteiger partial charge < -0.3 is 9.80 Å². The molecule has 0 atom stereocenters. The quantitative estimate of drug-likeness (QED) is 0.420. The molecule has 0 aliphatic rings. The number of anilines is 1. The van der Waals surface area contributed by atoms with Gasteiger partial charge in [0.05, 0.1) is 17.9 Å². The summed E-state index contributed by atoms with van der Waals surface area (Å²) in [5, 5.41) is 5.62. The molecule has 3 aromatic rings. The van der Waals surface area contributed by atoms with Gasteiger partial charge in [0.15, 0.2) is 0 Å². The Morgan fingerprint density at radius 1 is 1.00 bits per heavy atom. The number of hydrogen-bond acceptors (Lipinski definition) is 3. The minimum atomic E-state index is 0.00207. The van der Waals surface area contributed by atoms with Crippen molar-refractivity contribution in [2.75, 3.05) is 25.5 Å². The minimum Gasteiger partial charge on any atom is -0.362 e. The van der Waals surface area contributed by atoms with Crippen molar-refractivity contribution in [2.45, 2.75) is 40.2 Å². The molecule has 1 amide bonds. The van der Waals surface area contributed by atoms with Gasteiger partial charge in [-0.25, -0.2) is 4.68 Å². The van der Waals surface area contributed by atoms with Crippen molar-refractivity contribution in [1.82, 2.24) is 14.7 Å². The summed E-state index contributed by atoms with van der Waals surface area (Å²) in [6, 6.07) is 17.3. The molecule has 0 fully saturated rings. The van der Waals surface area contributed by atoms with Crippen LogP contribution < -0.4 is 4.90 Å². The van der Waals surface area contributed by atoms with Gasteiger partial charge in [-0.2, -0.15) is 5.10 Å². The number of benzene rings is 2. The van der Waals surface area contributed by atoms with Crippen LogP contribution in [-0.4, -0.2) is 41.2 Å². The Bertz CT molecular complexity index is 1040. The Kier molecular flexibility index (Phi) is 7.62. The molecule has 32 heavy (non-hydrogen) atoms. The summed E-state index contributed by atoms with van der Waals surface area (Å²) in [5.41, 5.74) is 3.74. The summed E-state index contributed by atoms with van der Waals surface area (Å²) in [7, 11) is 4.05. The summed E-state index contributed by atoms with van der Waals surface area (Å²) in [4.78, 5) is 17.5. The monoisotopic (exact) mass is 452 g/mol. The average molecular weight is 453 g/mol. The first-order valence-electron chi connectivity index (χ1n) is 11.1. The van der Waals surface area contributed by atoms with Crippen molar-refractivity contribution in [3.05, 3.63) is 76.4 Å². The van der Waals surface area contributed by atoms with Crippen LogP contribution in [0.3, 0.4) is 0 Å². The Hall–Kier alpha value is -2.79. The molecule has 5 nitrogen and oxygen atoms in total. The number of amides is 1. The standard InChI is InChI=1S/C26H33ClN4O/c1-18(2)16-30(26(32)20-12-14-21(27)15-13-20)17-23-24(19(3)4)28-31(25(23)29(5)6)22-10-8-7-9-11-22/h7-15,18-19H,16-17H2,1-6H3. The summed E-state index contributed by atoms with van der Waals surface area (Å²) < 4.78 is 1.99. The van der Waals surface area contributed by atoms with Crippen LogP contribution in [0.1, 0.15) is 55.2 Å². The number of nitrogens with zero attached hydrogens (tertiary/aromatic N) is 4. The lowest BCUT2D eigenvalue weighted by Gasteiger charge is -2.27. The third-order valence-electron chi connectivity index (χ3n) is 5.27. The summed E-state index contributed by atoms with van der Waals surface area (Å²) in [6.07, 6.45) is 0. The predicted octanol–water partition coefficient (Wildman–Crippen LogP) is 6.01. The Morgan fingerprint density at radius 3 is 2.16 bits per heavy atom. The molecule has 0 radical (unpaired) electrons. The van der Waals surface area contributed by atoms with E-state index < -0.39 is 0 Å².